The minimum atomic E-state index is -1.81. The molecule has 2 fully saturated rings. The Balaban J connectivity index is 1.76. The Bertz CT molecular complexity index is 1850. The van der Waals surface area contributed by atoms with Gasteiger partial charge in [0.05, 0.1) is 24.4 Å². The first kappa shape index (κ1) is 54.6. The highest BCUT2D eigenvalue weighted by Crippen LogP contribution is 2.21. The molecule has 2 aliphatic rings. The normalized spacial score (nSPS) is 20.3. The van der Waals surface area contributed by atoms with Crippen LogP contribution in [0.1, 0.15) is 85.1 Å². The summed E-state index contributed by atoms with van der Waals surface area (Å²) in [7, 11) is 0. The standard InChI is InChI=1S/C43H68N10O13/c1-22(35(57)47-23(2)43(65)66)46-37(59)30(21-27-13-7-6-8-14-27)49-36(58)28(15-9-10-18-44)48-39(61)32(24(3)54)51-41(63)34(26(5)56)52-40(62)33(25(4)55)50-38(60)31-17-12-20-53(31)42(64)29-16-11-19-45-29/h6-8,13-14,22-26,28-34,45,54-56H,9-12,15-21,44H2,1-5H3,(H,46,59)(H,47,57)(H,48,61)(H,49,58)(H,50,60)(H,51,63)(H,52,62)(H,65,66). The molecule has 8 amide bonds. The Morgan fingerprint density at radius 2 is 1.18 bits per heavy atom. The van der Waals surface area contributed by atoms with Crippen LogP contribution in [0.3, 0.4) is 0 Å². The molecule has 1 aromatic carbocycles. The van der Waals surface area contributed by atoms with Crippen molar-refractivity contribution in [2.45, 2.75) is 159 Å². The summed E-state index contributed by atoms with van der Waals surface area (Å²) in [6.45, 7) is 7.33. The number of rotatable bonds is 25. The van der Waals surface area contributed by atoms with Gasteiger partial charge in [0.25, 0.3) is 0 Å². The second kappa shape index (κ2) is 26.4. The number of hydrogen-bond acceptors (Lipinski definition) is 14. The zero-order valence-electron chi connectivity index (χ0n) is 38.1. The van der Waals surface area contributed by atoms with Gasteiger partial charge in [-0.05, 0) is 98.2 Å². The Hall–Kier alpha value is -5.75. The van der Waals surface area contributed by atoms with Crippen LogP contribution < -0.4 is 48.3 Å². The Labute approximate surface area is 383 Å². The number of amides is 8. The summed E-state index contributed by atoms with van der Waals surface area (Å²) in [5.41, 5.74) is 6.30. The predicted octanol–water partition coefficient (Wildman–Crippen LogP) is -4.24. The van der Waals surface area contributed by atoms with Crippen LogP contribution in [-0.2, 0) is 49.6 Å². The Morgan fingerprint density at radius 3 is 1.71 bits per heavy atom. The summed E-state index contributed by atoms with van der Waals surface area (Å²) >= 11 is 0. The van der Waals surface area contributed by atoms with Crippen molar-refractivity contribution in [2.24, 2.45) is 5.73 Å². The molecule has 66 heavy (non-hydrogen) atoms. The summed E-state index contributed by atoms with van der Waals surface area (Å²) in [5, 5.41) is 61.1. The molecule has 0 bridgehead atoms. The summed E-state index contributed by atoms with van der Waals surface area (Å²) in [4.78, 5) is 121. The van der Waals surface area contributed by atoms with Gasteiger partial charge in [-0.1, -0.05) is 30.3 Å². The lowest BCUT2D eigenvalue weighted by Crippen LogP contribution is -2.64. The van der Waals surface area contributed by atoms with E-state index < -0.39 is 120 Å². The molecular formula is C43H68N10O13. The summed E-state index contributed by atoms with van der Waals surface area (Å²) in [6, 6.07) is -3.24. The van der Waals surface area contributed by atoms with Crippen LogP contribution in [0.2, 0.25) is 0 Å². The molecule has 2 aliphatic heterocycles. The van der Waals surface area contributed by atoms with Gasteiger partial charge in [-0.15, -0.1) is 0 Å². The van der Waals surface area contributed by atoms with Crippen molar-refractivity contribution < 1.29 is 63.6 Å². The monoisotopic (exact) mass is 932 g/mol. The zero-order chi connectivity index (χ0) is 49.2. The molecule has 12 atom stereocenters. The molecule has 0 saturated carbocycles. The van der Waals surface area contributed by atoms with Crippen molar-refractivity contribution in [3.8, 4) is 0 Å². The SMILES string of the molecule is CC(NC(=O)C(C)NC(=O)C(Cc1ccccc1)NC(=O)C(CCCCN)NC(=O)C(NC(=O)C(NC(=O)C(NC(=O)C1CCCN1C(=O)C1CCCN1)C(C)O)C(C)O)C(C)O)C(=O)O. The first-order valence-corrected chi connectivity index (χ1v) is 22.3. The lowest BCUT2D eigenvalue weighted by atomic mass is 10.0. The van der Waals surface area contributed by atoms with E-state index in [1.54, 1.807) is 30.3 Å². The molecule has 23 heteroatoms. The van der Waals surface area contributed by atoms with E-state index in [2.05, 4.69) is 42.5 Å². The van der Waals surface area contributed by atoms with Crippen LogP contribution in [0.5, 0.6) is 0 Å². The van der Waals surface area contributed by atoms with E-state index in [0.29, 0.717) is 50.8 Å². The average molecular weight is 933 g/mol. The molecule has 2 saturated heterocycles. The number of benzene rings is 1. The molecule has 0 spiro atoms. The van der Waals surface area contributed by atoms with E-state index in [4.69, 9.17) is 5.73 Å². The summed E-state index contributed by atoms with van der Waals surface area (Å²) < 4.78 is 0. The molecular weight excluding hydrogens is 865 g/mol. The number of carbonyl (C=O) groups excluding carboxylic acids is 8. The second-order valence-electron chi connectivity index (χ2n) is 16.9. The number of nitrogens with two attached hydrogens (primary N) is 1. The van der Waals surface area contributed by atoms with Gasteiger partial charge in [0.15, 0.2) is 0 Å². The number of carboxylic acids is 1. The highest BCUT2D eigenvalue weighted by molar-refractivity contribution is 5.98. The van der Waals surface area contributed by atoms with Crippen LogP contribution in [-0.4, -0.2) is 171 Å². The van der Waals surface area contributed by atoms with Crippen molar-refractivity contribution in [3.63, 3.8) is 0 Å². The highest BCUT2D eigenvalue weighted by Gasteiger charge is 2.41. The van der Waals surface area contributed by atoms with Gasteiger partial charge in [-0.3, -0.25) is 43.2 Å². The van der Waals surface area contributed by atoms with E-state index in [0.717, 1.165) is 20.3 Å². The predicted molar refractivity (Wildman–Crippen MR) is 236 cm³/mol. The molecule has 2 heterocycles. The quantitative estimate of drug-likeness (QED) is 0.0413. The minimum Gasteiger partial charge on any atom is -0.480 e. The molecule has 23 nitrogen and oxygen atoms in total. The van der Waals surface area contributed by atoms with Crippen molar-refractivity contribution in [2.75, 3.05) is 19.6 Å². The first-order chi connectivity index (χ1) is 31.2. The first-order valence-electron chi connectivity index (χ1n) is 22.3. The number of unbranched alkanes of at least 4 members (excludes halogenated alkanes) is 1. The number of carboxylic acid groups (broad SMARTS) is 1. The maximum Gasteiger partial charge on any atom is 0.325 e. The molecule has 3 rings (SSSR count). The number of nitrogens with one attached hydrogen (secondary N) is 8. The van der Waals surface area contributed by atoms with Gasteiger partial charge in [-0.2, -0.15) is 0 Å². The van der Waals surface area contributed by atoms with Gasteiger partial charge in [0, 0.05) is 13.0 Å². The Morgan fingerprint density at radius 1 is 0.652 bits per heavy atom. The third-order valence-corrected chi connectivity index (χ3v) is 11.4. The largest absolute Gasteiger partial charge is 0.480 e. The molecule has 368 valence electrons. The van der Waals surface area contributed by atoms with E-state index in [9.17, 15) is 63.6 Å². The lowest BCUT2D eigenvalue weighted by molar-refractivity contribution is -0.142. The average Bonchev–Trinajstić information content (AvgIpc) is 3.99. The fourth-order valence-electron chi connectivity index (χ4n) is 7.48. The maximum atomic E-state index is 14.0. The highest BCUT2D eigenvalue weighted by atomic mass is 16.4. The number of aliphatic hydroxyl groups excluding tert-OH is 3. The van der Waals surface area contributed by atoms with Gasteiger partial charge in [-0.25, -0.2) is 0 Å². The summed E-state index contributed by atoms with van der Waals surface area (Å²) in [6.07, 6.45) is -1.86. The maximum absolute atomic E-state index is 14.0. The number of carbonyl (C=O) groups is 9. The van der Waals surface area contributed by atoms with E-state index in [1.807, 2.05) is 0 Å². The van der Waals surface area contributed by atoms with Crippen molar-refractivity contribution >= 4 is 53.2 Å². The fraction of sp³-hybridized carbons (Fsp3) is 0.651. The third kappa shape index (κ3) is 16.3. The number of nitrogens with zero attached hydrogens (tertiary/aromatic N) is 1. The molecule has 12 unspecified atom stereocenters. The molecule has 14 N–H and O–H groups in total. The van der Waals surface area contributed by atoms with Crippen molar-refractivity contribution in [1.82, 2.24) is 47.4 Å². The minimum absolute atomic E-state index is 0.0239. The molecule has 0 radical (unpaired) electrons. The number of aliphatic hydroxyl groups is 3. The van der Waals surface area contributed by atoms with E-state index in [1.165, 1.54) is 25.7 Å². The molecule has 1 aromatic rings. The smallest absolute Gasteiger partial charge is 0.325 e. The van der Waals surface area contributed by atoms with Crippen molar-refractivity contribution in [3.05, 3.63) is 35.9 Å². The van der Waals surface area contributed by atoms with Crippen LogP contribution >= 0.6 is 0 Å². The van der Waals surface area contributed by atoms with Gasteiger partial charge in [0.1, 0.15) is 48.3 Å². The van der Waals surface area contributed by atoms with Gasteiger partial charge < -0.3 is 73.6 Å². The number of aliphatic carboxylic acids is 1. The Kier molecular flexibility index (Phi) is 21.8. The van der Waals surface area contributed by atoms with Crippen LogP contribution in [0, 0.1) is 0 Å². The summed E-state index contributed by atoms with van der Waals surface area (Å²) in [5.74, 6) is -8.02. The van der Waals surface area contributed by atoms with Crippen LogP contribution in [0.25, 0.3) is 0 Å². The van der Waals surface area contributed by atoms with E-state index in [-0.39, 0.29) is 25.3 Å². The van der Waals surface area contributed by atoms with Crippen molar-refractivity contribution in [1.29, 1.82) is 0 Å². The van der Waals surface area contributed by atoms with Crippen LogP contribution in [0.4, 0.5) is 0 Å². The third-order valence-electron chi connectivity index (χ3n) is 11.4. The van der Waals surface area contributed by atoms with E-state index >= 15 is 0 Å². The number of likely N-dealkylation sites (tertiary alicyclic amines) is 1. The lowest BCUT2D eigenvalue weighted by Gasteiger charge is -2.31. The van der Waals surface area contributed by atoms with Gasteiger partial charge >= 0.3 is 5.97 Å². The molecule has 0 aliphatic carbocycles. The van der Waals surface area contributed by atoms with Crippen LogP contribution in [0.15, 0.2) is 30.3 Å². The van der Waals surface area contributed by atoms with Gasteiger partial charge in [0.2, 0.25) is 47.3 Å². The number of hydrogen-bond donors (Lipinski definition) is 13. The second-order valence-corrected chi connectivity index (χ2v) is 16.9. The fourth-order valence-corrected chi connectivity index (χ4v) is 7.48. The topological polar surface area (TPSA) is 360 Å². The zero-order valence-corrected chi connectivity index (χ0v) is 38.1. The molecule has 0 aromatic heterocycles.